The van der Waals surface area contributed by atoms with Crippen molar-refractivity contribution in [3.63, 3.8) is 0 Å². The number of hydrogen-bond acceptors (Lipinski definition) is 1. The van der Waals surface area contributed by atoms with Crippen LogP contribution >= 0.6 is 0 Å². The Bertz CT molecular complexity index is 599. The molecule has 1 saturated heterocycles. The number of fused-ring (bicyclic) bond motifs is 1. The van der Waals surface area contributed by atoms with Gasteiger partial charge in [0.2, 0.25) is 0 Å². The molecular formula is C17H25N3O. The van der Waals surface area contributed by atoms with Crippen molar-refractivity contribution in [3.05, 3.63) is 35.5 Å². The number of hydrogen-bond donors (Lipinski definition) is 2. The average molecular weight is 287 g/mol. The zero-order valence-electron chi connectivity index (χ0n) is 13.2. The highest BCUT2D eigenvalue weighted by molar-refractivity contribution is 5.81. The molecule has 1 aromatic heterocycles. The van der Waals surface area contributed by atoms with E-state index in [0.29, 0.717) is 6.54 Å². The zero-order chi connectivity index (χ0) is 15.2. The molecule has 114 valence electrons. The second kappa shape index (κ2) is 7.16. The number of likely N-dealkylation sites (tertiary alicyclic amines) is 1. The predicted molar refractivity (Wildman–Crippen MR) is 87.5 cm³/mol. The van der Waals surface area contributed by atoms with Gasteiger partial charge in [0.1, 0.15) is 0 Å². The van der Waals surface area contributed by atoms with Crippen molar-refractivity contribution >= 4 is 16.9 Å². The summed E-state index contributed by atoms with van der Waals surface area (Å²) in [5, 5.41) is 4.15. The Morgan fingerprint density at radius 2 is 2.05 bits per heavy atom. The number of rotatable bonds is 3. The fourth-order valence-corrected chi connectivity index (χ4v) is 2.35. The van der Waals surface area contributed by atoms with Crippen LogP contribution in [0.4, 0.5) is 4.79 Å². The Morgan fingerprint density at radius 1 is 1.29 bits per heavy atom. The summed E-state index contributed by atoms with van der Waals surface area (Å²) in [6, 6.07) is 8.60. The Hall–Kier alpha value is -1.97. The maximum atomic E-state index is 11.7. The van der Waals surface area contributed by atoms with Gasteiger partial charge in [-0.25, -0.2) is 4.79 Å². The van der Waals surface area contributed by atoms with E-state index < -0.39 is 0 Å². The molecule has 4 nitrogen and oxygen atoms in total. The van der Waals surface area contributed by atoms with Crippen LogP contribution in [0.25, 0.3) is 10.9 Å². The molecule has 0 aliphatic carbocycles. The Morgan fingerprint density at radius 3 is 2.67 bits per heavy atom. The molecule has 0 saturated carbocycles. The topological polar surface area (TPSA) is 48.1 Å². The van der Waals surface area contributed by atoms with Crippen LogP contribution in [0.2, 0.25) is 0 Å². The lowest BCUT2D eigenvalue weighted by molar-refractivity contribution is 0.167. The highest BCUT2D eigenvalue weighted by Crippen LogP contribution is 2.17. The van der Waals surface area contributed by atoms with Crippen LogP contribution in [-0.2, 0) is 13.0 Å². The molecular weight excluding hydrogens is 262 g/mol. The number of amides is 2. The van der Waals surface area contributed by atoms with Crippen LogP contribution in [0, 0.1) is 0 Å². The fourth-order valence-electron chi connectivity index (χ4n) is 2.35. The Labute approximate surface area is 126 Å². The molecule has 3 rings (SSSR count). The van der Waals surface area contributed by atoms with Gasteiger partial charge >= 0.3 is 6.03 Å². The van der Waals surface area contributed by atoms with E-state index in [1.54, 1.807) is 0 Å². The number of aryl methyl sites for hydroxylation is 1. The van der Waals surface area contributed by atoms with Gasteiger partial charge in [0.15, 0.2) is 0 Å². The summed E-state index contributed by atoms with van der Waals surface area (Å²) in [5.41, 5.74) is 3.52. The summed E-state index contributed by atoms with van der Waals surface area (Å²) in [6.07, 6.45) is 2.16. The highest BCUT2D eigenvalue weighted by atomic mass is 16.2. The van der Waals surface area contributed by atoms with E-state index in [-0.39, 0.29) is 6.03 Å². The van der Waals surface area contributed by atoms with E-state index in [9.17, 15) is 4.79 Å². The number of urea groups is 1. The summed E-state index contributed by atoms with van der Waals surface area (Å²) >= 11 is 0. The van der Waals surface area contributed by atoms with Crippen molar-refractivity contribution in [1.82, 2.24) is 15.2 Å². The summed E-state index contributed by atoms with van der Waals surface area (Å²) in [5.74, 6) is 0. The van der Waals surface area contributed by atoms with Crippen molar-refractivity contribution in [3.8, 4) is 0 Å². The molecule has 0 unspecified atom stereocenters. The van der Waals surface area contributed by atoms with Gasteiger partial charge in [-0.3, -0.25) is 0 Å². The van der Waals surface area contributed by atoms with E-state index in [1.165, 1.54) is 10.9 Å². The number of aromatic nitrogens is 1. The number of carbonyl (C=O) groups excluding carboxylic acids is 1. The van der Waals surface area contributed by atoms with Crippen LogP contribution in [-0.4, -0.2) is 29.0 Å². The van der Waals surface area contributed by atoms with Gasteiger partial charge < -0.3 is 15.2 Å². The lowest BCUT2D eigenvalue weighted by Crippen LogP contribution is -2.47. The molecule has 2 heterocycles. The number of benzene rings is 1. The van der Waals surface area contributed by atoms with Gasteiger partial charge in [0.25, 0.3) is 0 Å². The number of aromatic amines is 1. The van der Waals surface area contributed by atoms with Crippen LogP contribution in [0.15, 0.2) is 24.3 Å². The largest absolute Gasteiger partial charge is 0.357 e. The Kier molecular flexibility index (Phi) is 5.26. The maximum Gasteiger partial charge on any atom is 0.317 e. The molecule has 1 aromatic carbocycles. The number of H-pyrrole nitrogens is 1. The van der Waals surface area contributed by atoms with Gasteiger partial charge in [-0.2, -0.15) is 0 Å². The van der Waals surface area contributed by atoms with E-state index in [4.69, 9.17) is 0 Å². The van der Waals surface area contributed by atoms with Gasteiger partial charge in [0, 0.05) is 24.3 Å². The second-order valence-electron chi connectivity index (χ2n) is 5.07. The van der Waals surface area contributed by atoms with Crippen LogP contribution in [0.1, 0.15) is 38.4 Å². The quantitative estimate of drug-likeness (QED) is 0.889. The third-order valence-corrected chi connectivity index (χ3v) is 3.72. The lowest BCUT2D eigenvalue weighted by Gasteiger charge is -2.30. The van der Waals surface area contributed by atoms with Crippen LogP contribution in [0.5, 0.6) is 0 Å². The minimum Gasteiger partial charge on any atom is -0.357 e. The molecule has 4 heteroatoms. The van der Waals surface area contributed by atoms with Crippen molar-refractivity contribution in [2.45, 2.75) is 40.2 Å². The highest BCUT2D eigenvalue weighted by Gasteiger charge is 2.19. The zero-order valence-corrected chi connectivity index (χ0v) is 13.2. The van der Waals surface area contributed by atoms with E-state index in [2.05, 4.69) is 41.5 Å². The monoisotopic (exact) mass is 287 g/mol. The molecule has 0 atom stereocenters. The molecule has 1 fully saturated rings. The SMILES string of the molecule is CC.CCc1ccc2cc(CNC(=O)N3CCC3)[nH]c2c1. The smallest absolute Gasteiger partial charge is 0.317 e. The first kappa shape index (κ1) is 15.4. The number of carbonyl (C=O) groups is 1. The van der Waals surface area contributed by atoms with Crippen molar-refractivity contribution in [2.24, 2.45) is 0 Å². The minimum atomic E-state index is 0.0409. The van der Waals surface area contributed by atoms with Gasteiger partial charge in [-0.1, -0.05) is 32.9 Å². The number of nitrogens with zero attached hydrogens (tertiary/aromatic N) is 1. The molecule has 1 aliphatic heterocycles. The van der Waals surface area contributed by atoms with Crippen molar-refractivity contribution in [2.75, 3.05) is 13.1 Å². The number of nitrogens with one attached hydrogen (secondary N) is 2. The summed E-state index contributed by atoms with van der Waals surface area (Å²) in [6.45, 7) is 8.49. The first-order chi connectivity index (χ1) is 10.3. The van der Waals surface area contributed by atoms with Gasteiger partial charge in [-0.15, -0.1) is 0 Å². The molecule has 2 N–H and O–H groups in total. The van der Waals surface area contributed by atoms with Crippen molar-refractivity contribution in [1.29, 1.82) is 0 Å². The van der Waals surface area contributed by atoms with E-state index in [1.807, 2.05) is 18.7 Å². The van der Waals surface area contributed by atoms with E-state index >= 15 is 0 Å². The third kappa shape index (κ3) is 3.57. The summed E-state index contributed by atoms with van der Waals surface area (Å²) in [7, 11) is 0. The molecule has 1 aliphatic rings. The Balaban J connectivity index is 0.000000774. The van der Waals surface area contributed by atoms with Crippen molar-refractivity contribution < 1.29 is 4.79 Å². The molecule has 2 amide bonds. The first-order valence-corrected chi connectivity index (χ1v) is 7.89. The van der Waals surface area contributed by atoms with Crippen LogP contribution in [0.3, 0.4) is 0 Å². The molecule has 21 heavy (non-hydrogen) atoms. The summed E-state index contributed by atoms with van der Waals surface area (Å²) < 4.78 is 0. The maximum absolute atomic E-state index is 11.7. The second-order valence-corrected chi connectivity index (χ2v) is 5.07. The molecule has 0 spiro atoms. The van der Waals surface area contributed by atoms with Crippen LogP contribution < -0.4 is 5.32 Å². The first-order valence-electron chi connectivity index (χ1n) is 7.89. The molecule has 2 aromatic rings. The normalized spacial score (nSPS) is 13.4. The minimum absolute atomic E-state index is 0.0409. The third-order valence-electron chi connectivity index (χ3n) is 3.72. The standard InChI is InChI=1S/C15H19N3O.C2H6/c1-2-11-4-5-12-9-13(17-14(12)8-11)10-16-15(19)18-6-3-7-18;1-2/h4-5,8-9,17H,2-3,6-7,10H2,1H3,(H,16,19);1-2H3. The van der Waals surface area contributed by atoms with E-state index in [0.717, 1.165) is 37.1 Å². The van der Waals surface area contributed by atoms with Gasteiger partial charge in [-0.05, 0) is 35.9 Å². The summed E-state index contributed by atoms with van der Waals surface area (Å²) in [4.78, 5) is 16.9. The lowest BCUT2D eigenvalue weighted by atomic mass is 10.1. The predicted octanol–water partition coefficient (Wildman–Crippen LogP) is 3.67. The fraction of sp³-hybridized carbons (Fsp3) is 0.471. The molecule has 0 radical (unpaired) electrons. The average Bonchev–Trinajstić information content (AvgIpc) is 2.87. The molecule has 0 bridgehead atoms. The van der Waals surface area contributed by atoms with Gasteiger partial charge in [0.05, 0.1) is 6.54 Å².